The van der Waals surface area contributed by atoms with Crippen LogP contribution in [-0.4, -0.2) is 0 Å². The fourth-order valence-corrected chi connectivity index (χ4v) is 1.03. The van der Waals surface area contributed by atoms with Gasteiger partial charge in [0.05, 0.1) is 0 Å². The second-order valence-corrected chi connectivity index (χ2v) is 2.60. The van der Waals surface area contributed by atoms with Gasteiger partial charge in [0.1, 0.15) is 6.67 Å². The summed E-state index contributed by atoms with van der Waals surface area (Å²) < 4.78 is 12.1. The third kappa shape index (κ3) is 1.77. The van der Waals surface area contributed by atoms with Crippen LogP contribution in [0.3, 0.4) is 0 Å². The highest BCUT2D eigenvalue weighted by Gasteiger charge is 1.97. The van der Waals surface area contributed by atoms with Gasteiger partial charge in [-0.2, -0.15) is 0 Å². The van der Waals surface area contributed by atoms with E-state index in [-0.39, 0.29) is 0 Å². The molecule has 0 heterocycles. The standard InChI is InChI=1S/C9H12FN/c1-7-2-3-8(5-10)4-9(7)6-11/h2-4H,5-6,11H2,1H3. The summed E-state index contributed by atoms with van der Waals surface area (Å²) in [5.41, 5.74) is 8.31. The molecule has 0 aliphatic carbocycles. The minimum Gasteiger partial charge on any atom is -0.326 e. The van der Waals surface area contributed by atoms with Gasteiger partial charge in [0, 0.05) is 6.54 Å². The van der Waals surface area contributed by atoms with Gasteiger partial charge in [-0.15, -0.1) is 0 Å². The summed E-state index contributed by atoms with van der Waals surface area (Å²) in [6.07, 6.45) is 0. The SMILES string of the molecule is Cc1ccc(CF)cc1CN. The zero-order valence-electron chi connectivity index (χ0n) is 6.60. The maximum atomic E-state index is 12.1. The highest BCUT2D eigenvalue weighted by Crippen LogP contribution is 2.10. The van der Waals surface area contributed by atoms with Gasteiger partial charge in [-0.25, -0.2) is 4.39 Å². The molecule has 0 aromatic heterocycles. The molecular weight excluding hydrogens is 141 g/mol. The number of halogens is 1. The number of aryl methyl sites for hydroxylation is 1. The molecule has 0 radical (unpaired) electrons. The highest BCUT2D eigenvalue weighted by atomic mass is 19.1. The van der Waals surface area contributed by atoms with E-state index in [0.717, 1.165) is 11.1 Å². The van der Waals surface area contributed by atoms with Crippen LogP contribution < -0.4 is 5.73 Å². The number of hydrogen-bond donors (Lipinski definition) is 1. The van der Waals surface area contributed by atoms with Crippen LogP contribution in [0.5, 0.6) is 0 Å². The Morgan fingerprint density at radius 1 is 1.45 bits per heavy atom. The number of nitrogens with two attached hydrogens (primary N) is 1. The molecular formula is C9H12FN. The number of rotatable bonds is 2. The Hall–Kier alpha value is -0.890. The molecule has 0 atom stereocenters. The Balaban J connectivity index is 3.02. The second kappa shape index (κ2) is 3.49. The maximum Gasteiger partial charge on any atom is 0.115 e. The minimum absolute atomic E-state index is 0.409. The third-order valence-corrected chi connectivity index (χ3v) is 1.79. The Morgan fingerprint density at radius 3 is 2.73 bits per heavy atom. The van der Waals surface area contributed by atoms with E-state index in [9.17, 15) is 4.39 Å². The van der Waals surface area contributed by atoms with Crippen molar-refractivity contribution in [3.63, 3.8) is 0 Å². The molecule has 0 fully saturated rings. The molecule has 1 aromatic carbocycles. The maximum absolute atomic E-state index is 12.1. The van der Waals surface area contributed by atoms with Crippen LogP contribution >= 0.6 is 0 Å². The van der Waals surface area contributed by atoms with E-state index in [4.69, 9.17) is 5.73 Å². The highest BCUT2D eigenvalue weighted by molar-refractivity contribution is 5.30. The Bertz CT molecular complexity index is 245. The van der Waals surface area contributed by atoms with E-state index in [1.165, 1.54) is 0 Å². The van der Waals surface area contributed by atoms with Crippen molar-refractivity contribution in [1.29, 1.82) is 0 Å². The van der Waals surface area contributed by atoms with Crippen LogP contribution in [0.1, 0.15) is 16.7 Å². The number of alkyl halides is 1. The molecule has 1 nitrogen and oxygen atoms in total. The molecule has 0 saturated carbocycles. The summed E-state index contributed by atoms with van der Waals surface area (Å²) in [7, 11) is 0. The van der Waals surface area contributed by atoms with E-state index < -0.39 is 6.67 Å². The summed E-state index contributed by atoms with van der Waals surface area (Å²) in [5.74, 6) is 0. The predicted molar refractivity (Wildman–Crippen MR) is 43.9 cm³/mol. The van der Waals surface area contributed by atoms with E-state index in [1.54, 1.807) is 6.07 Å². The molecule has 2 N–H and O–H groups in total. The molecule has 0 aliphatic heterocycles. The van der Waals surface area contributed by atoms with E-state index >= 15 is 0 Å². The zero-order chi connectivity index (χ0) is 8.27. The summed E-state index contributed by atoms with van der Waals surface area (Å²) in [6.45, 7) is 2.05. The Kier molecular flexibility index (Phi) is 2.60. The topological polar surface area (TPSA) is 26.0 Å². The largest absolute Gasteiger partial charge is 0.326 e. The molecule has 0 unspecified atom stereocenters. The first-order valence-corrected chi connectivity index (χ1v) is 3.62. The first-order valence-electron chi connectivity index (χ1n) is 3.62. The van der Waals surface area contributed by atoms with Crippen molar-refractivity contribution in [3.8, 4) is 0 Å². The zero-order valence-corrected chi connectivity index (χ0v) is 6.60. The average Bonchev–Trinajstić information content (AvgIpc) is 2.05. The van der Waals surface area contributed by atoms with Crippen LogP contribution in [-0.2, 0) is 13.2 Å². The number of benzene rings is 1. The molecule has 2 heteroatoms. The minimum atomic E-state index is -0.409. The lowest BCUT2D eigenvalue weighted by Gasteiger charge is -2.03. The van der Waals surface area contributed by atoms with Crippen molar-refractivity contribution >= 4 is 0 Å². The van der Waals surface area contributed by atoms with Gasteiger partial charge in [0.15, 0.2) is 0 Å². The Labute approximate surface area is 66.0 Å². The molecule has 0 amide bonds. The first-order chi connectivity index (χ1) is 5.27. The van der Waals surface area contributed by atoms with Crippen molar-refractivity contribution in [1.82, 2.24) is 0 Å². The lowest BCUT2D eigenvalue weighted by Crippen LogP contribution is -1.99. The molecule has 0 bridgehead atoms. The quantitative estimate of drug-likeness (QED) is 0.690. The van der Waals surface area contributed by atoms with Crippen molar-refractivity contribution in [2.75, 3.05) is 0 Å². The van der Waals surface area contributed by atoms with Crippen LogP contribution in [0.15, 0.2) is 18.2 Å². The molecule has 0 spiro atoms. The van der Waals surface area contributed by atoms with E-state index in [0.29, 0.717) is 12.1 Å². The van der Waals surface area contributed by atoms with Crippen LogP contribution in [0.2, 0.25) is 0 Å². The monoisotopic (exact) mass is 153 g/mol. The second-order valence-electron chi connectivity index (χ2n) is 2.60. The number of hydrogen-bond acceptors (Lipinski definition) is 1. The van der Waals surface area contributed by atoms with Gasteiger partial charge < -0.3 is 5.73 Å². The summed E-state index contributed by atoms with van der Waals surface area (Å²) in [4.78, 5) is 0. The third-order valence-electron chi connectivity index (χ3n) is 1.79. The molecule has 60 valence electrons. The Morgan fingerprint density at radius 2 is 2.18 bits per heavy atom. The van der Waals surface area contributed by atoms with Gasteiger partial charge >= 0.3 is 0 Å². The van der Waals surface area contributed by atoms with Gasteiger partial charge in [-0.3, -0.25) is 0 Å². The van der Waals surface area contributed by atoms with Crippen molar-refractivity contribution in [3.05, 3.63) is 34.9 Å². The summed E-state index contributed by atoms with van der Waals surface area (Å²) in [6, 6.07) is 5.50. The van der Waals surface area contributed by atoms with Crippen molar-refractivity contribution in [2.24, 2.45) is 5.73 Å². The molecule has 11 heavy (non-hydrogen) atoms. The van der Waals surface area contributed by atoms with Crippen LogP contribution in [0.4, 0.5) is 4.39 Å². The predicted octanol–water partition coefficient (Wildman–Crippen LogP) is 1.92. The summed E-state index contributed by atoms with van der Waals surface area (Å²) >= 11 is 0. The van der Waals surface area contributed by atoms with Crippen molar-refractivity contribution in [2.45, 2.75) is 20.1 Å². The van der Waals surface area contributed by atoms with Gasteiger partial charge in [0.2, 0.25) is 0 Å². The van der Waals surface area contributed by atoms with Crippen LogP contribution in [0.25, 0.3) is 0 Å². The van der Waals surface area contributed by atoms with Gasteiger partial charge in [0.25, 0.3) is 0 Å². The van der Waals surface area contributed by atoms with E-state index in [1.807, 2.05) is 19.1 Å². The molecule has 0 saturated heterocycles. The first kappa shape index (κ1) is 8.21. The normalized spacial score (nSPS) is 10.1. The molecule has 0 aliphatic rings. The fourth-order valence-electron chi connectivity index (χ4n) is 1.03. The van der Waals surface area contributed by atoms with Crippen molar-refractivity contribution < 1.29 is 4.39 Å². The van der Waals surface area contributed by atoms with Crippen LogP contribution in [0, 0.1) is 6.92 Å². The lowest BCUT2D eigenvalue weighted by molar-refractivity contribution is 0.485. The average molecular weight is 153 g/mol. The fraction of sp³-hybridized carbons (Fsp3) is 0.333. The van der Waals surface area contributed by atoms with Gasteiger partial charge in [-0.1, -0.05) is 18.2 Å². The smallest absolute Gasteiger partial charge is 0.115 e. The summed E-state index contributed by atoms with van der Waals surface area (Å²) in [5, 5.41) is 0. The van der Waals surface area contributed by atoms with E-state index in [2.05, 4.69) is 0 Å². The van der Waals surface area contributed by atoms with Gasteiger partial charge in [-0.05, 0) is 23.6 Å². The molecule has 1 aromatic rings. The lowest BCUT2D eigenvalue weighted by atomic mass is 10.1. The molecule has 1 rings (SSSR count).